The predicted octanol–water partition coefficient (Wildman–Crippen LogP) is 2.84. The van der Waals surface area contributed by atoms with E-state index < -0.39 is 17.6 Å². The molecule has 1 aromatic rings. The largest absolute Gasteiger partial charge is 0.416 e. The highest BCUT2D eigenvalue weighted by molar-refractivity contribution is 6.65. The van der Waals surface area contributed by atoms with Gasteiger partial charge in [0.1, 0.15) is 11.7 Å². The summed E-state index contributed by atoms with van der Waals surface area (Å²) in [7, 11) is 1.41. The molecule has 2 rings (SSSR count). The Morgan fingerprint density at radius 3 is 2.48 bits per heavy atom. The molecule has 9 heteroatoms. The van der Waals surface area contributed by atoms with E-state index in [-0.39, 0.29) is 29.7 Å². The van der Waals surface area contributed by atoms with Crippen LogP contribution in [0.15, 0.2) is 29.4 Å². The number of anilines is 1. The molecule has 0 aliphatic carbocycles. The average molecular weight is 348 g/mol. The maximum Gasteiger partial charge on any atom is 0.416 e. The summed E-state index contributed by atoms with van der Waals surface area (Å²) >= 11 is 5.74. The van der Waals surface area contributed by atoms with Gasteiger partial charge in [-0.1, -0.05) is 11.6 Å². The van der Waals surface area contributed by atoms with Crippen molar-refractivity contribution in [3.05, 3.63) is 29.8 Å². The normalized spacial score (nSPS) is 15.4. The highest BCUT2D eigenvalue weighted by Gasteiger charge is 2.30. The van der Waals surface area contributed by atoms with Gasteiger partial charge in [0.05, 0.1) is 5.56 Å². The Morgan fingerprint density at radius 2 is 1.91 bits per heavy atom. The Morgan fingerprint density at radius 1 is 1.30 bits per heavy atom. The number of amides is 2. The molecule has 0 unspecified atom stereocenters. The molecule has 0 fully saturated rings. The molecule has 2 amide bonds. The van der Waals surface area contributed by atoms with Crippen molar-refractivity contribution in [1.82, 2.24) is 5.01 Å². The molecule has 0 saturated carbocycles. The molecule has 0 radical (unpaired) electrons. The van der Waals surface area contributed by atoms with Crippen molar-refractivity contribution in [3.63, 3.8) is 0 Å². The molecule has 0 spiro atoms. The third-order valence-corrected chi connectivity index (χ3v) is 3.57. The first kappa shape index (κ1) is 17.3. The van der Waals surface area contributed by atoms with Gasteiger partial charge < -0.3 is 4.90 Å². The number of hydrazone groups is 1. The second kappa shape index (κ2) is 6.57. The lowest BCUT2D eigenvalue weighted by Gasteiger charge is -2.24. The van der Waals surface area contributed by atoms with Gasteiger partial charge in [-0.3, -0.25) is 9.59 Å². The molecule has 0 N–H and O–H groups in total. The van der Waals surface area contributed by atoms with E-state index in [4.69, 9.17) is 11.6 Å². The SMILES string of the molecule is CN(C(=O)CN1N=C(Cl)CCC1=O)c1ccc(C(F)(F)F)cc1. The quantitative estimate of drug-likeness (QED) is 0.844. The molecule has 124 valence electrons. The summed E-state index contributed by atoms with van der Waals surface area (Å²) in [6.45, 7) is -0.327. The number of benzene rings is 1. The molecule has 5 nitrogen and oxygen atoms in total. The maximum atomic E-state index is 12.5. The molecular formula is C14H13ClF3N3O2. The predicted molar refractivity (Wildman–Crippen MR) is 79.1 cm³/mol. The number of likely N-dealkylation sites (N-methyl/N-ethyl adjacent to an activating group) is 1. The summed E-state index contributed by atoms with van der Waals surface area (Å²) < 4.78 is 37.5. The molecule has 23 heavy (non-hydrogen) atoms. The summed E-state index contributed by atoms with van der Waals surface area (Å²) in [5, 5.41) is 4.99. The standard InChI is InChI=1S/C14H13ClF3N3O2/c1-20(10-4-2-9(3-5-10)14(16,17)18)13(23)8-21-12(22)7-6-11(15)19-21/h2-5H,6-8H2,1H3. The van der Waals surface area contributed by atoms with E-state index in [1.54, 1.807) is 0 Å². The maximum absolute atomic E-state index is 12.5. The highest BCUT2D eigenvalue weighted by Crippen LogP contribution is 2.30. The molecule has 1 heterocycles. The summed E-state index contributed by atoms with van der Waals surface area (Å²) in [5.41, 5.74) is -0.521. The summed E-state index contributed by atoms with van der Waals surface area (Å²) in [5.74, 6) is -0.822. The number of halogens is 4. The number of hydrogen-bond acceptors (Lipinski definition) is 3. The zero-order valence-electron chi connectivity index (χ0n) is 12.1. The highest BCUT2D eigenvalue weighted by atomic mass is 35.5. The van der Waals surface area contributed by atoms with Crippen molar-refractivity contribution >= 4 is 34.3 Å². The zero-order chi connectivity index (χ0) is 17.2. The van der Waals surface area contributed by atoms with Crippen LogP contribution in [0.3, 0.4) is 0 Å². The molecule has 0 bridgehead atoms. The summed E-state index contributed by atoms with van der Waals surface area (Å²) in [6.07, 6.45) is -3.94. The number of carbonyl (C=O) groups is 2. The van der Waals surface area contributed by atoms with E-state index in [1.165, 1.54) is 19.2 Å². The monoisotopic (exact) mass is 347 g/mol. The average Bonchev–Trinajstić information content (AvgIpc) is 2.49. The second-order valence-corrected chi connectivity index (χ2v) is 5.36. The first-order chi connectivity index (χ1) is 10.7. The summed E-state index contributed by atoms with van der Waals surface area (Å²) in [6, 6.07) is 4.16. The van der Waals surface area contributed by atoms with Gasteiger partial charge in [0.25, 0.3) is 0 Å². The lowest BCUT2D eigenvalue weighted by atomic mass is 10.2. The number of nitrogens with zero attached hydrogens (tertiary/aromatic N) is 3. The van der Waals surface area contributed by atoms with Crippen LogP contribution in [0.1, 0.15) is 18.4 Å². The minimum absolute atomic E-state index is 0.166. The topological polar surface area (TPSA) is 53.0 Å². The van der Waals surface area contributed by atoms with Gasteiger partial charge in [0.15, 0.2) is 0 Å². The number of alkyl halides is 3. The Balaban J connectivity index is 2.07. The van der Waals surface area contributed by atoms with Crippen molar-refractivity contribution in [2.75, 3.05) is 18.5 Å². The van der Waals surface area contributed by atoms with Gasteiger partial charge in [-0.25, -0.2) is 5.01 Å². The van der Waals surface area contributed by atoms with Gasteiger partial charge >= 0.3 is 6.18 Å². The molecule has 0 saturated heterocycles. The molecule has 1 aliphatic heterocycles. The minimum atomic E-state index is -4.44. The third-order valence-electron chi connectivity index (χ3n) is 3.30. The van der Waals surface area contributed by atoms with E-state index in [9.17, 15) is 22.8 Å². The van der Waals surface area contributed by atoms with Crippen LogP contribution in [-0.2, 0) is 15.8 Å². The van der Waals surface area contributed by atoms with Crippen LogP contribution in [0.4, 0.5) is 18.9 Å². The van der Waals surface area contributed by atoms with E-state index in [2.05, 4.69) is 5.10 Å². The molecule has 0 aromatic heterocycles. The lowest BCUT2D eigenvalue weighted by molar-refractivity contribution is -0.137. The first-order valence-corrected chi connectivity index (χ1v) is 7.03. The second-order valence-electron chi connectivity index (χ2n) is 4.93. The molecular weight excluding hydrogens is 335 g/mol. The summed E-state index contributed by atoms with van der Waals surface area (Å²) in [4.78, 5) is 25.0. The number of carbonyl (C=O) groups excluding carboxylic acids is 2. The fourth-order valence-electron chi connectivity index (χ4n) is 1.95. The van der Waals surface area contributed by atoms with Gasteiger partial charge in [-0.05, 0) is 24.3 Å². The van der Waals surface area contributed by atoms with Crippen molar-refractivity contribution in [2.45, 2.75) is 19.0 Å². The third kappa shape index (κ3) is 4.22. The number of rotatable bonds is 3. The molecule has 0 atom stereocenters. The Kier molecular flexibility index (Phi) is 4.93. The van der Waals surface area contributed by atoms with Crippen molar-refractivity contribution in [1.29, 1.82) is 0 Å². The van der Waals surface area contributed by atoms with E-state index >= 15 is 0 Å². The Labute approximate surface area is 135 Å². The van der Waals surface area contributed by atoms with Crippen molar-refractivity contribution < 1.29 is 22.8 Å². The van der Waals surface area contributed by atoms with Gasteiger partial charge in [-0.15, -0.1) is 0 Å². The van der Waals surface area contributed by atoms with E-state index in [1.807, 2.05) is 0 Å². The Bertz CT molecular complexity index is 644. The van der Waals surface area contributed by atoms with Gasteiger partial charge in [0.2, 0.25) is 11.8 Å². The number of hydrogen-bond donors (Lipinski definition) is 0. The Hall–Kier alpha value is -2.09. The lowest BCUT2D eigenvalue weighted by Crippen LogP contribution is -2.40. The van der Waals surface area contributed by atoms with Crippen molar-refractivity contribution in [3.8, 4) is 0 Å². The van der Waals surface area contributed by atoms with Gasteiger partial charge in [0, 0.05) is 25.6 Å². The molecule has 1 aromatic carbocycles. The van der Waals surface area contributed by atoms with Crippen LogP contribution in [0.2, 0.25) is 0 Å². The molecule has 1 aliphatic rings. The van der Waals surface area contributed by atoms with Gasteiger partial charge in [-0.2, -0.15) is 18.3 Å². The first-order valence-electron chi connectivity index (χ1n) is 6.65. The van der Waals surface area contributed by atoms with E-state index in [0.717, 1.165) is 22.0 Å². The van der Waals surface area contributed by atoms with Crippen LogP contribution in [0.5, 0.6) is 0 Å². The van der Waals surface area contributed by atoms with Crippen LogP contribution >= 0.6 is 11.6 Å². The van der Waals surface area contributed by atoms with Crippen LogP contribution < -0.4 is 4.90 Å². The fourth-order valence-corrected chi connectivity index (χ4v) is 2.14. The van der Waals surface area contributed by atoms with Crippen LogP contribution in [-0.4, -0.2) is 35.6 Å². The van der Waals surface area contributed by atoms with E-state index in [0.29, 0.717) is 6.42 Å². The fraction of sp³-hybridized carbons (Fsp3) is 0.357. The smallest absolute Gasteiger partial charge is 0.314 e. The zero-order valence-corrected chi connectivity index (χ0v) is 12.9. The van der Waals surface area contributed by atoms with Crippen LogP contribution in [0, 0.1) is 0 Å². The van der Waals surface area contributed by atoms with Crippen LogP contribution in [0.25, 0.3) is 0 Å². The van der Waals surface area contributed by atoms with Crippen molar-refractivity contribution in [2.24, 2.45) is 5.10 Å². The minimum Gasteiger partial charge on any atom is -0.314 e.